The van der Waals surface area contributed by atoms with Gasteiger partial charge in [0.25, 0.3) is 11.1 Å². The van der Waals surface area contributed by atoms with Crippen LogP contribution in [0.25, 0.3) is 6.08 Å². The van der Waals surface area contributed by atoms with Crippen LogP contribution in [0.3, 0.4) is 0 Å². The summed E-state index contributed by atoms with van der Waals surface area (Å²) >= 11 is 3.12. The lowest BCUT2D eigenvalue weighted by molar-refractivity contribution is -0.123. The van der Waals surface area contributed by atoms with E-state index >= 15 is 0 Å². The van der Waals surface area contributed by atoms with E-state index in [-0.39, 0.29) is 24.3 Å². The molecule has 0 saturated carbocycles. The van der Waals surface area contributed by atoms with E-state index < -0.39 is 0 Å². The Balaban J connectivity index is 1.44. The molecule has 3 aromatic rings. The van der Waals surface area contributed by atoms with E-state index in [1.54, 1.807) is 13.2 Å². The van der Waals surface area contributed by atoms with Gasteiger partial charge in [-0.3, -0.25) is 14.5 Å². The summed E-state index contributed by atoms with van der Waals surface area (Å²) < 4.78 is 18.2. The first-order valence-electron chi connectivity index (χ1n) is 11.4. The highest BCUT2D eigenvalue weighted by atomic mass is 127. The number of rotatable bonds is 9. The van der Waals surface area contributed by atoms with Crippen LogP contribution in [-0.4, -0.2) is 36.3 Å². The fraction of sp³-hybridized carbons (Fsp3) is 0.214. The van der Waals surface area contributed by atoms with E-state index in [4.69, 9.17) is 14.2 Å². The van der Waals surface area contributed by atoms with Crippen molar-refractivity contribution in [3.8, 4) is 17.2 Å². The van der Waals surface area contributed by atoms with Crippen molar-refractivity contribution in [1.29, 1.82) is 0 Å². The third-order valence-corrected chi connectivity index (χ3v) is 7.37. The smallest absolute Gasteiger partial charge is 0.293 e. The Morgan fingerprint density at radius 3 is 2.47 bits per heavy atom. The summed E-state index contributed by atoms with van der Waals surface area (Å²) in [5, 5.41) is -0.307. The summed E-state index contributed by atoms with van der Waals surface area (Å²) in [4.78, 5) is 27.0. The zero-order chi connectivity index (χ0) is 25.7. The average molecular weight is 615 g/mol. The highest BCUT2D eigenvalue weighted by Gasteiger charge is 2.35. The number of thioether (sulfide) groups is 1. The number of methoxy groups -OCH3 is 1. The molecule has 0 atom stereocenters. The third-order valence-electron chi connectivity index (χ3n) is 5.66. The fourth-order valence-corrected chi connectivity index (χ4v) is 5.26. The maximum atomic E-state index is 12.9. The molecule has 1 aliphatic heterocycles. The van der Waals surface area contributed by atoms with E-state index in [9.17, 15) is 9.59 Å². The summed E-state index contributed by atoms with van der Waals surface area (Å²) in [6.07, 6.45) is 1.71. The number of amides is 2. The highest BCUT2D eigenvalue weighted by Crippen LogP contribution is 2.37. The number of carbonyl (C=O) groups is 2. The number of benzene rings is 3. The molecule has 6 nitrogen and oxygen atoms in total. The molecule has 0 aromatic heterocycles. The van der Waals surface area contributed by atoms with Gasteiger partial charge in [0.15, 0.2) is 11.5 Å². The highest BCUT2D eigenvalue weighted by molar-refractivity contribution is 14.1. The van der Waals surface area contributed by atoms with Crippen molar-refractivity contribution < 1.29 is 23.8 Å². The van der Waals surface area contributed by atoms with Crippen molar-refractivity contribution >= 4 is 51.6 Å². The van der Waals surface area contributed by atoms with Crippen LogP contribution in [-0.2, 0) is 11.4 Å². The van der Waals surface area contributed by atoms with Crippen molar-refractivity contribution in [3.63, 3.8) is 0 Å². The maximum absolute atomic E-state index is 12.9. The minimum atomic E-state index is -0.327. The summed E-state index contributed by atoms with van der Waals surface area (Å²) in [7, 11) is 1.58. The van der Waals surface area contributed by atoms with Crippen LogP contribution in [0.4, 0.5) is 4.79 Å². The Hall–Kier alpha value is -2.98. The van der Waals surface area contributed by atoms with Crippen LogP contribution in [0, 0.1) is 17.4 Å². The first kappa shape index (κ1) is 26.1. The maximum Gasteiger partial charge on any atom is 0.293 e. The average Bonchev–Trinajstić information content (AvgIpc) is 3.12. The fourth-order valence-electron chi connectivity index (χ4n) is 3.62. The van der Waals surface area contributed by atoms with E-state index in [1.807, 2.05) is 74.5 Å². The SMILES string of the molecule is COc1cc(/C=C2\SC(=O)N(CCOc3ccc(C)cc3)C2=O)cc(I)c1OCc1ccccc1C. The van der Waals surface area contributed by atoms with Gasteiger partial charge in [-0.1, -0.05) is 42.0 Å². The Bertz CT molecular complexity index is 1310. The number of ether oxygens (including phenoxy) is 3. The summed E-state index contributed by atoms with van der Waals surface area (Å²) in [5.41, 5.74) is 4.14. The van der Waals surface area contributed by atoms with Crippen molar-refractivity contribution in [2.24, 2.45) is 0 Å². The third kappa shape index (κ3) is 6.22. The predicted octanol–water partition coefficient (Wildman–Crippen LogP) is 6.61. The molecule has 0 bridgehead atoms. The molecule has 1 fully saturated rings. The largest absolute Gasteiger partial charge is 0.493 e. The lowest BCUT2D eigenvalue weighted by Crippen LogP contribution is -2.32. The Morgan fingerprint density at radius 1 is 1.00 bits per heavy atom. The first-order chi connectivity index (χ1) is 17.4. The van der Waals surface area contributed by atoms with Gasteiger partial charge in [0.2, 0.25) is 0 Å². The number of halogens is 1. The molecule has 1 heterocycles. The number of aryl methyl sites for hydroxylation is 2. The molecule has 0 unspecified atom stereocenters. The van der Waals surface area contributed by atoms with Crippen LogP contribution >= 0.6 is 34.4 Å². The lowest BCUT2D eigenvalue weighted by atomic mass is 10.1. The van der Waals surface area contributed by atoms with Crippen molar-refractivity contribution in [1.82, 2.24) is 4.90 Å². The molecule has 2 amide bonds. The number of hydrogen-bond acceptors (Lipinski definition) is 6. The topological polar surface area (TPSA) is 65.1 Å². The Kier molecular flexibility index (Phi) is 8.58. The summed E-state index contributed by atoms with van der Waals surface area (Å²) in [6, 6.07) is 19.4. The second kappa shape index (κ2) is 11.8. The Labute approximate surface area is 228 Å². The molecule has 1 aliphatic rings. The number of carbonyl (C=O) groups excluding carboxylic acids is 2. The molecule has 186 valence electrons. The van der Waals surface area contributed by atoms with Crippen LogP contribution in [0.15, 0.2) is 65.6 Å². The molecule has 36 heavy (non-hydrogen) atoms. The van der Waals surface area contributed by atoms with Crippen LogP contribution in [0.5, 0.6) is 17.2 Å². The molecule has 1 saturated heterocycles. The van der Waals surface area contributed by atoms with E-state index in [0.717, 1.165) is 37.6 Å². The number of imide groups is 1. The molecular formula is C28H26INO5S. The normalized spacial score (nSPS) is 14.4. The first-order valence-corrected chi connectivity index (χ1v) is 13.2. The lowest BCUT2D eigenvalue weighted by Gasteiger charge is -2.15. The zero-order valence-corrected chi connectivity index (χ0v) is 23.2. The summed E-state index contributed by atoms with van der Waals surface area (Å²) in [5.74, 6) is 1.58. The van der Waals surface area contributed by atoms with Gasteiger partial charge in [-0.2, -0.15) is 0 Å². The van der Waals surface area contributed by atoms with E-state index in [2.05, 4.69) is 22.6 Å². The van der Waals surface area contributed by atoms with Crippen LogP contribution in [0.1, 0.15) is 22.3 Å². The minimum Gasteiger partial charge on any atom is -0.493 e. The molecule has 8 heteroatoms. The zero-order valence-electron chi connectivity index (χ0n) is 20.2. The monoisotopic (exact) mass is 615 g/mol. The molecule has 0 N–H and O–H groups in total. The van der Waals surface area contributed by atoms with Crippen molar-refractivity contribution in [2.45, 2.75) is 20.5 Å². The van der Waals surface area contributed by atoms with Crippen molar-refractivity contribution in [3.05, 3.63) is 91.4 Å². The Morgan fingerprint density at radius 2 is 1.75 bits per heavy atom. The molecular weight excluding hydrogens is 589 g/mol. The quantitative estimate of drug-likeness (QED) is 0.200. The van der Waals surface area contributed by atoms with Gasteiger partial charge in [0.05, 0.1) is 22.1 Å². The number of nitrogens with zero attached hydrogens (tertiary/aromatic N) is 1. The minimum absolute atomic E-state index is 0.183. The predicted molar refractivity (Wildman–Crippen MR) is 151 cm³/mol. The summed E-state index contributed by atoms with van der Waals surface area (Å²) in [6.45, 7) is 4.88. The standard InChI is InChI=1S/C28H26INO5S/c1-18-8-10-22(11-9-18)34-13-12-30-27(31)25(36-28(30)32)16-20-14-23(29)26(24(15-20)33-3)35-17-21-7-5-4-6-19(21)2/h4-11,14-16H,12-13,17H2,1-3H3/b25-16-. The van der Waals surface area contributed by atoms with Gasteiger partial charge in [-0.05, 0) is 95.2 Å². The van der Waals surface area contributed by atoms with Crippen LogP contribution < -0.4 is 14.2 Å². The van der Waals surface area contributed by atoms with E-state index in [0.29, 0.717) is 28.8 Å². The van der Waals surface area contributed by atoms with Gasteiger partial charge in [-0.15, -0.1) is 0 Å². The van der Waals surface area contributed by atoms with Gasteiger partial charge in [0.1, 0.15) is 19.0 Å². The molecule has 3 aromatic carbocycles. The van der Waals surface area contributed by atoms with Gasteiger partial charge < -0.3 is 14.2 Å². The van der Waals surface area contributed by atoms with Crippen LogP contribution in [0.2, 0.25) is 0 Å². The van der Waals surface area contributed by atoms with Crippen molar-refractivity contribution in [2.75, 3.05) is 20.3 Å². The second-order valence-electron chi connectivity index (χ2n) is 8.24. The molecule has 0 spiro atoms. The van der Waals surface area contributed by atoms with Gasteiger partial charge in [0, 0.05) is 0 Å². The number of hydrogen-bond donors (Lipinski definition) is 0. The molecule has 0 radical (unpaired) electrons. The molecule has 4 rings (SSSR count). The van der Waals surface area contributed by atoms with Gasteiger partial charge in [-0.25, -0.2) is 0 Å². The van der Waals surface area contributed by atoms with Gasteiger partial charge >= 0.3 is 0 Å². The second-order valence-corrected chi connectivity index (χ2v) is 10.4. The molecule has 0 aliphatic carbocycles. The van der Waals surface area contributed by atoms with E-state index in [1.165, 1.54) is 4.90 Å².